The van der Waals surface area contributed by atoms with Gasteiger partial charge in [0.25, 0.3) is 0 Å². The fourth-order valence-corrected chi connectivity index (χ4v) is 2.11. The number of benzene rings is 1. The molecule has 1 aromatic heterocycles. The fraction of sp³-hybridized carbons (Fsp3) is 0.214. The molecule has 0 saturated carbocycles. The van der Waals surface area contributed by atoms with Crippen LogP contribution >= 0.6 is 0 Å². The highest BCUT2D eigenvalue weighted by molar-refractivity contribution is 5.56. The van der Waals surface area contributed by atoms with Crippen molar-refractivity contribution in [3.8, 4) is 5.75 Å². The van der Waals surface area contributed by atoms with Crippen LogP contribution in [0, 0.1) is 0 Å². The van der Waals surface area contributed by atoms with E-state index in [1.54, 1.807) is 12.4 Å². The zero-order chi connectivity index (χ0) is 11.5. The van der Waals surface area contributed by atoms with Gasteiger partial charge in [0.05, 0.1) is 12.2 Å². The molecule has 17 heavy (non-hydrogen) atoms. The number of hydrogen-bond acceptors (Lipinski definition) is 3. The third-order valence-corrected chi connectivity index (χ3v) is 2.93. The van der Waals surface area contributed by atoms with Crippen molar-refractivity contribution in [3.05, 3.63) is 54.4 Å². The monoisotopic (exact) mass is 226 g/mol. The highest BCUT2D eigenvalue weighted by Gasteiger charge is 2.20. The van der Waals surface area contributed by atoms with Crippen LogP contribution in [0.5, 0.6) is 5.75 Å². The molecule has 3 rings (SSSR count). The largest absolute Gasteiger partial charge is 0.490 e. The lowest BCUT2D eigenvalue weighted by Crippen LogP contribution is -2.24. The molecule has 3 heteroatoms. The first-order valence-corrected chi connectivity index (χ1v) is 5.79. The van der Waals surface area contributed by atoms with E-state index in [0.717, 1.165) is 12.2 Å². The van der Waals surface area contributed by atoms with E-state index >= 15 is 0 Å². The quantitative estimate of drug-likeness (QED) is 0.873. The van der Waals surface area contributed by atoms with Crippen LogP contribution in [0.2, 0.25) is 0 Å². The number of anilines is 1. The SMILES string of the molecule is c1cncc(OCC2Cc3ccccc3N2)c1. The Balaban J connectivity index is 1.59. The number of aromatic nitrogens is 1. The number of fused-ring (bicyclic) bond motifs is 1. The summed E-state index contributed by atoms with van der Waals surface area (Å²) in [6.07, 6.45) is 4.51. The average molecular weight is 226 g/mol. The molecule has 0 bridgehead atoms. The van der Waals surface area contributed by atoms with Crippen molar-refractivity contribution in [2.24, 2.45) is 0 Å². The summed E-state index contributed by atoms with van der Waals surface area (Å²) in [7, 11) is 0. The molecular formula is C14H14N2O. The van der Waals surface area contributed by atoms with Crippen molar-refractivity contribution in [1.29, 1.82) is 0 Å². The lowest BCUT2D eigenvalue weighted by Gasteiger charge is -2.12. The maximum atomic E-state index is 5.70. The van der Waals surface area contributed by atoms with E-state index in [-0.39, 0.29) is 0 Å². The van der Waals surface area contributed by atoms with Crippen LogP contribution < -0.4 is 10.1 Å². The van der Waals surface area contributed by atoms with Gasteiger partial charge in [-0.1, -0.05) is 18.2 Å². The molecular weight excluding hydrogens is 212 g/mol. The first-order chi connectivity index (χ1) is 8.42. The first-order valence-electron chi connectivity index (χ1n) is 5.79. The van der Waals surface area contributed by atoms with Crippen molar-refractivity contribution in [2.45, 2.75) is 12.5 Å². The highest BCUT2D eigenvalue weighted by atomic mass is 16.5. The Morgan fingerprint density at radius 2 is 2.18 bits per heavy atom. The predicted octanol–water partition coefficient (Wildman–Crippen LogP) is 2.50. The topological polar surface area (TPSA) is 34.1 Å². The Kier molecular flexibility index (Phi) is 2.66. The minimum absolute atomic E-state index is 0.354. The summed E-state index contributed by atoms with van der Waals surface area (Å²) in [5.74, 6) is 0.824. The lowest BCUT2D eigenvalue weighted by molar-refractivity contribution is 0.298. The van der Waals surface area contributed by atoms with Gasteiger partial charge in [-0.05, 0) is 30.2 Å². The van der Waals surface area contributed by atoms with Crippen LogP contribution in [-0.2, 0) is 6.42 Å². The summed E-state index contributed by atoms with van der Waals surface area (Å²) < 4.78 is 5.70. The zero-order valence-corrected chi connectivity index (χ0v) is 9.47. The number of rotatable bonds is 3. The summed E-state index contributed by atoms with van der Waals surface area (Å²) in [6, 6.07) is 12.6. The molecule has 3 nitrogen and oxygen atoms in total. The molecule has 0 radical (unpaired) electrons. The molecule has 0 amide bonds. The van der Waals surface area contributed by atoms with Gasteiger partial charge in [0.15, 0.2) is 0 Å². The summed E-state index contributed by atoms with van der Waals surface area (Å²) in [4.78, 5) is 4.02. The van der Waals surface area contributed by atoms with E-state index in [4.69, 9.17) is 4.74 Å². The standard InChI is InChI=1S/C14H14N2O/c1-2-6-14-11(4-1)8-12(16-14)10-17-13-5-3-7-15-9-13/h1-7,9,12,16H,8,10H2. The normalized spacial score (nSPS) is 17.3. The van der Waals surface area contributed by atoms with E-state index in [0.29, 0.717) is 12.6 Å². The van der Waals surface area contributed by atoms with E-state index < -0.39 is 0 Å². The van der Waals surface area contributed by atoms with Gasteiger partial charge in [-0.2, -0.15) is 0 Å². The van der Waals surface area contributed by atoms with E-state index in [9.17, 15) is 0 Å². The smallest absolute Gasteiger partial charge is 0.137 e. The number of ether oxygens (including phenoxy) is 1. The fourth-order valence-electron chi connectivity index (χ4n) is 2.11. The number of para-hydroxylation sites is 1. The van der Waals surface area contributed by atoms with Crippen LogP contribution in [0.25, 0.3) is 0 Å². The van der Waals surface area contributed by atoms with Crippen LogP contribution in [0.1, 0.15) is 5.56 Å². The molecule has 1 aliphatic heterocycles. The van der Waals surface area contributed by atoms with Gasteiger partial charge in [-0.15, -0.1) is 0 Å². The van der Waals surface area contributed by atoms with Crippen LogP contribution in [0.4, 0.5) is 5.69 Å². The zero-order valence-electron chi connectivity index (χ0n) is 9.47. The van der Waals surface area contributed by atoms with Crippen LogP contribution in [-0.4, -0.2) is 17.6 Å². The first kappa shape index (κ1) is 10.1. The second-order valence-corrected chi connectivity index (χ2v) is 4.20. The summed E-state index contributed by atoms with van der Waals surface area (Å²) in [5.41, 5.74) is 2.60. The average Bonchev–Trinajstić information content (AvgIpc) is 2.80. The maximum absolute atomic E-state index is 5.70. The molecule has 0 fully saturated rings. The Bertz CT molecular complexity index is 474. The lowest BCUT2D eigenvalue weighted by atomic mass is 10.1. The van der Waals surface area contributed by atoms with Crippen LogP contribution in [0.15, 0.2) is 48.8 Å². The predicted molar refractivity (Wildman–Crippen MR) is 67.3 cm³/mol. The summed E-state index contributed by atoms with van der Waals surface area (Å²) >= 11 is 0. The van der Waals surface area contributed by atoms with Crippen molar-refractivity contribution < 1.29 is 4.74 Å². The van der Waals surface area contributed by atoms with E-state index in [2.05, 4.69) is 34.6 Å². The van der Waals surface area contributed by atoms with Crippen molar-refractivity contribution in [1.82, 2.24) is 4.98 Å². The molecule has 0 saturated heterocycles. The minimum Gasteiger partial charge on any atom is -0.490 e. The van der Waals surface area contributed by atoms with Gasteiger partial charge in [-0.3, -0.25) is 4.98 Å². The van der Waals surface area contributed by atoms with Gasteiger partial charge in [0.1, 0.15) is 12.4 Å². The van der Waals surface area contributed by atoms with E-state index in [1.165, 1.54) is 11.3 Å². The van der Waals surface area contributed by atoms with Crippen molar-refractivity contribution in [3.63, 3.8) is 0 Å². The second-order valence-electron chi connectivity index (χ2n) is 4.20. The van der Waals surface area contributed by atoms with Crippen molar-refractivity contribution in [2.75, 3.05) is 11.9 Å². The molecule has 2 heterocycles. The third kappa shape index (κ3) is 2.23. The number of nitrogens with one attached hydrogen (secondary N) is 1. The molecule has 1 atom stereocenters. The molecule has 2 aromatic rings. The van der Waals surface area contributed by atoms with E-state index in [1.807, 2.05) is 12.1 Å². The Labute approximate surface area is 100 Å². The Morgan fingerprint density at radius 3 is 3.00 bits per heavy atom. The number of hydrogen-bond donors (Lipinski definition) is 1. The maximum Gasteiger partial charge on any atom is 0.137 e. The van der Waals surface area contributed by atoms with Gasteiger partial charge in [0, 0.05) is 11.9 Å². The molecule has 86 valence electrons. The molecule has 1 unspecified atom stereocenters. The molecule has 0 spiro atoms. The third-order valence-electron chi connectivity index (χ3n) is 2.93. The highest BCUT2D eigenvalue weighted by Crippen LogP contribution is 2.25. The molecule has 1 aromatic carbocycles. The van der Waals surface area contributed by atoms with Crippen molar-refractivity contribution >= 4 is 5.69 Å². The molecule has 1 aliphatic rings. The molecule has 1 N–H and O–H groups in total. The van der Waals surface area contributed by atoms with Gasteiger partial charge >= 0.3 is 0 Å². The Morgan fingerprint density at radius 1 is 1.24 bits per heavy atom. The number of pyridine rings is 1. The molecule has 0 aliphatic carbocycles. The minimum atomic E-state index is 0.354. The summed E-state index contributed by atoms with van der Waals surface area (Å²) in [6.45, 7) is 0.667. The van der Waals surface area contributed by atoms with Crippen LogP contribution in [0.3, 0.4) is 0 Å². The Hall–Kier alpha value is -2.03. The number of nitrogens with zero attached hydrogens (tertiary/aromatic N) is 1. The van der Waals surface area contributed by atoms with Gasteiger partial charge < -0.3 is 10.1 Å². The second kappa shape index (κ2) is 4.45. The van der Waals surface area contributed by atoms with Gasteiger partial charge in [-0.25, -0.2) is 0 Å². The van der Waals surface area contributed by atoms with Gasteiger partial charge in [0.2, 0.25) is 0 Å². The summed E-state index contributed by atoms with van der Waals surface area (Å²) in [5, 5.41) is 3.46.